The molecule has 4 N–H and O–H groups in total. The molecule has 4 nitrogen and oxygen atoms in total. The Morgan fingerprint density at radius 3 is 1.36 bits per heavy atom. The van der Waals surface area contributed by atoms with Crippen molar-refractivity contribution in [3.05, 3.63) is 55.6 Å². The van der Waals surface area contributed by atoms with E-state index in [-0.39, 0.29) is 5.91 Å². The molecule has 0 heterocycles. The molecule has 2 aromatic carbocycles. The maximum atomic E-state index is 11.8. The van der Waals surface area contributed by atoms with Gasteiger partial charge in [-0.2, -0.15) is 0 Å². The summed E-state index contributed by atoms with van der Waals surface area (Å²) < 4.78 is -0.518. The average Bonchev–Trinajstić information content (AvgIpc) is 2.76. The van der Waals surface area contributed by atoms with Crippen LogP contribution in [0, 0.1) is 69.2 Å². The van der Waals surface area contributed by atoms with Gasteiger partial charge in [-0.1, -0.05) is 15.9 Å². The van der Waals surface area contributed by atoms with E-state index in [4.69, 9.17) is 5.73 Å². The van der Waals surface area contributed by atoms with Gasteiger partial charge >= 0.3 is 0 Å². The molecular weight excluding hydrogens is 474 g/mol. The van der Waals surface area contributed by atoms with Crippen molar-refractivity contribution in [1.82, 2.24) is 5.32 Å². The minimum absolute atomic E-state index is 0.00834. The number of nitrogens with one attached hydrogen (secondary N) is 2. The minimum Gasteiger partial charge on any atom is -0.398 e. The molecule has 184 valence electrons. The summed E-state index contributed by atoms with van der Waals surface area (Å²) in [4.78, 5) is 11.8. The molecule has 0 saturated heterocycles. The van der Waals surface area contributed by atoms with Crippen molar-refractivity contribution in [2.45, 2.75) is 87.4 Å². The molecule has 0 unspecified atom stereocenters. The number of anilines is 2. The number of nitrogens with two attached hydrogens (primary N) is 1. The van der Waals surface area contributed by atoms with Gasteiger partial charge in [0.15, 0.2) is 0 Å². The van der Waals surface area contributed by atoms with Crippen LogP contribution in [0.4, 0.5) is 11.4 Å². The van der Waals surface area contributed by atoms with Crippen LogP contribution in [-0.4, -0.2) is 23.3 Å². The van der Waals surface area contributed by atoms with E-state index in [1.807, 2.05) is 13.8 Å². The monoisotopic (exact) mass is 517 g/mol. The van der Waals surface area contributed by atoms with Gasteiger partial charge in [0.1, 0.15) is 0 Å². The van der Waals surface area contributed by atoms with Crippen LogP contribution in [-0.2, 0) is 4.79 Å². The zero-order valence-electron chi connectivity index (χ0n) is 22.8. The van der Waals surface area contributed by atoms with Gasteiger partial charge in [0.25, 0.3) is 0 Å². The predicted octanol–water partition coefficient (Wildman–Crippen LogP) is 6.74. The predicted molar refractivity (Wildman–Crippen MR) is 149 cm³/mol. The van der Waals surface area contributed by atoms with E-state index in [1.54, 1.807) is 0 Å². The third kappa shape index (κ3) is 6.75. The van der Waals surface area contributed by atoms with Gasteiger partial charge in [0.2, 0.25) is 5.91 Å². The smallest absolute Gasteiger partial charge is 0.236 e. The molecule has 0 spiro atoms. The van der Waals surface area contributed by atoms with Gasteiger partial charge in [-0.3, -0.25) is 4.79 Å². The molecule has 1 amide bonds. The van der Waals surface area contributed by atoms with Crippen molar-refractivity contribution in [1.29, 1.82) is 0 Å². The maximum Gasteiger partial charge on any atom is 0.236 e. The van der Waals surface area contributed by atoms with E-state index in [0.29, 0.717) is 6.54 Å². The lowest BCUT2D eigenvalue weighted by Crippen LogP contribution is -2.39. The number of carbonyl (C=O) groups excluding carboxylic acids is 1. The fourth-order valence-electron chi connectivity index (χ4n) is 3.87. The fraction of sp³-hybridized carbons (Fsp3) is 0.536. The van der Waals surface area contributed by atoms with Crippen LogP contribution in [0.1, 0.15) is 69.5 Å². The SMILES string of the molecule is Cc1c(C)c(C)c(N)c(C)c1C.Cc1c(C)c(C)c(NCCNC(=O)C(C)(C)Br)c(C)c1C. The average molecular weight is 519 g/mol. The Morgan fingerprint density at radius 2 is 1.00 bits per heavy atom. The maximum absolute atomic E-state index is 11.8. The highest BCUT2D eigenvalue weighted by Gasteiger charge is 2.22. The van der Waals surface area contributed by atoms with E-state index in [0.717, 1.165) is 12.2 Å². The molecule has 0 saturated carbocycles. The summed E-state index contributed by atoms with van der Waals surface area (Å²) >= 11 is 3.36. The molecule has 2 rings (SSSR count). The van der Waals surface area contributed by atoms with Crippen LogP contribution in [0.5, 0.6) is 0 Å². The minimum atomic E-state index is -0.518. The number of halogens is 1. The molecule has 0 atom stereocenters. The fourth-order valence-corrected chi connectivity index (χ4v) is 4.01. The van der Waals surface area contributed by atoms with Crippen LogP contribution < -0.4 is 16.4 Å². The second-order valence-corrected chi connectivity index (χ2v) is 11.7. The first kappa shape index (κ1) is 29.0. The first-order valence-corrected chi connectivity index (χ1v) is 12.4. The van der Waals surface area contributed by atoms with Crippen molar-refractivity contribution in [3.8, 4) is 0 Å². The highest BCUT2D eigenvalue weighted by molar-refractivity contribution is 9.10. The number of amides is 1. The number of hydrogen-bond acceptors (Lipinski definition) is 3. The second kappa shape index (κ2) is 11.4. The molecule has 0 aliphatic heterocycles. The molecule has 0 aliphatic rings. The van der Waals surface area contributed by atoms with Gasteiger partial charge in [-0.25, -0.2) is 0 Å². The molecule has 33 heavy (non-hydrogen) atoms. The summed E-state index contributed by atoms with van der Waals surface area (Å²) in [5.74, 6) is 0.00834. The summed E-state index contributed by atoms with van der Waals surface area (Å²) in [6.45, 7) is 26.4. The Balaban J connectivity index is 0.000000383. The number of alkyl halides is 1. The molecule has 0 aromatic heterocycles. The van der Waals surface area contributed by atoms with Crippen molar-refractivity contribution >= 4 is 33.2 Å². The van der Waals surface area contributed by atoms with Crippen LogP contribution >= 0.6 is 15.9 Å². The van der Waals surface area contributed by atoms with Gasteiger partial charge in [0, 0.05) is 24.5 Å². The quantitative estimate of drug-likeness (QED) is 0.233. The zero-order chi connectivity index (χ0) is 25.8. The second-order valence-electron chi connectivity index (χ2n) is 9.69. The zero-order valence-corrected chi connectivity index (χ0v) is 24.4. The number of carbonyl (C=O) groups is 1. The lowest BCUT2D eigenvalue weighted by Gasteiger charge is -2.21. The molecule has 0 fully saturated rings. The van der Waals surface area contributed by atoms with Gasteiger partial charge in [-0.15, -0.1) is 0 Å². The number of nitrogen functional groups attached to an aromatic ring is 1. The summed E-state index contributed by atoms with van der Waals surface area (Å²) in [5.41, 5.74) is 21.2. The van der Waals surface area contributed by atoms with Crippen LogP contribution in [0.3, 0.4) is 0 Å². The van der Waals surface area contributed by atoms with Crippen LogP contribution in [0.2, 0.25) is 0 Å². The Labute approximate surface area is 210 Å². The molecule has 0 aliphatic carbocycles. The largest absolute Gasteiger partial charge is 0.398 e. The molecule has 0 radical (unpaired) electrons. The summed E-state index contributed by atoms with van der Waals surface area (Å²) in [7, 11) is 0. The molecule has 2 aromatic rings. The van der Waals surface area contributed by atoms with E-state index in [2.05, 4.69) is 95.8 Å². The van der Waals surface area contributed by atoms with Crippen molar-refractivity contribution in [2.75, 3.05) is 24.1 Å². The Bertz CT molecular complexity index is 899. The summed E-state index contributed by atoms with van der Waals surface area (Å²) in [5, 5.41) is 6.39. The van der Waals surface area contributed by atoms with Crippen LogP contribution in [0.15, 0.2) is 0 Å². The first-order chi connectivity index (χ1) is 15.0. The molecule has 5 heteroatoms. The Kier molecular flexibility index (Phi) is 10.0. The normalized spacial score (nSPS) is 11.1. The highest BCUT2D eigenvalue weighted by Crippen LogP contribution is 2.30. The van der Waals surface area contributed by atoms with Crippen molar-refractivity contribution in [2.24, 2.45) is 0 Å². The Morgan fingerprint density at radius 1 is 0.667 bits per heavy atom. The van der Waals surface area contributed by atoms with E-state index in [1.165, 1.54) is 61.3 Å². The third-order valence-corrected chi connectivity index (χ3v) is 7.67. The number of rotatable bonds is 5. The van der Waals surface area contributed by atoms with Crippen molar-refractivity contribution < 1.29 is 4.79 Å². The standard InChI is InChI=1S/C17H27BrN2O.C11H17N/c1-10-11(2)13(4)15(14(5)12(10)3)19-8-9-20-16(21)17(6,7)18;1-6-7(2)9(4)11(12)10(5)8(6)3/h19H,8-9H2,1-7H3,(H,20,21);12H2,1-5H3. The van der Waals surface area contributed by atoms with Crippen molar-refractivity contribution in [3.63, 3.8) is 0 Å². The molecule has 0 bridgehead atoms. The van der Waals surface area contributed by atoms with Crippen LogP contribution in [0.25, 0.3) is 0 Å². The topological polar surface area (TPSA) is 67.2 Å². The lowest BCUT2D eigenvalue weighted by molar-refractivity contribution is -0.122. The van der Waals surface area contributed by atoms with Gasteiger partial charge in [0.05, 0.1) is 4.32 Å². The van der Waals surface area contributed by atoms with Gasteiger partial charge in [-0.05, 0) is 139 Å². The summed E-state index contributed by atoms with van der Waals surface area (Å²) in [6, 6.07) is 0. The number of benzene rings is 2. The lowest BCUT2D eigenvalue weighted by atomic mass is 9.93. The van der Waals surface area contributed by atoms with Gasteiger partial charge < -0.3 is 16.4 Å². The van der Waals surface area contributed by atoms with E-state index >= 15 is 0 Å². The van der Waals surface area contributed by atoms with E-state index < -0.39 is 4.32 Å². The highest BCUT2D eigenvalue weighted by atomic mass is 79.9. The third-order valence-electron chi connectivity index (χ3n) is 7.31. The summed E-state index contributed by atoms with van der Waals surface area (Å²) in [6.07, 6.45) is 0. The number of hydrogen-bond donors (Lipinski definition) is 3. The first-order valence-electron chi connectivity index (χ1n) is 11.6. The molecular formula is C28H44BrN3O. The van der Waals surface area contributed by atoms with E-state index in [9.17, 15) is 4.79 Å². The Hall–Kier alpha value is -2.01.